The van der Waals surface area contributed by atoms with Crippen molar-refractivity contribution in [2.24, 2.45) is 0 Å². The zero-order valence-electron chi connectivity index (χ0n) is 12.5. The molecule has 0 saturated carbocycles. The average molecular weight is 291 g/mol. The fourth-order valence-electron chi connectivity index (χ4n) is 2.43. The summed E-state index contributed by atoms with van der Waals surface area (Å²) in [6.45, 7) is 4.61. The molecule has 21 heavy (non-hydrogen) atoms. The van der Waals surface area contributed by atoms with Crippen LogP contribution in [0.3, 0.4) is 0 Å². The Morgan fingerprint density at radius 2 is 1.81 bits per heavy atom. The van der Waals surface area contributed by atoms with Crippen LogP contribution in [0.25, 0.3) is 0 Å². The molecule has 2 rings (SSSR count). The molecule has 114 valence electrons. The zero-order valence-corrected chi connectivity index (χ0v) is 12.5. The van der Waals surface area contributed by atoms with Gasteiger partial charge in [0.05, 0.1) is 6.61 Å². The van der Waals surface area contributed by atoms with Crippen LogP contribution < -0.4 is 0 Å². The monoisotopic (exact) mass is 291 g/mol. The maximum absolute atomic E-state index is 12.3. The zero-order chi connectivity index (χ0) is 15.5. The topological polar surface area (TPSA) is 66.8 Å². The van der Waals surface area contributed by atoms with Crippen LogP contribution in [0, 0.1) is 6.92 Å². The van der Waals surface area contributed by atoms with Gasteiger partial charge in [-0.2, -0.15) is 0 Å². The number of aryl methyl sites for hydroxylation is 1. The quantitative estimate of drug-likeness (QED) is 0.858. The first-order valence-corrected chi connectivity index (χ1v) is 7.22. The van der Waals surface area contributed by atoms with E-state index in [1.54, 1.807) is 24.0 Å². The summed E-state index contributed by atoms with van der Waals surface area (Å²) in [6.07, 6.45) is 0.423. The van der Waals surface area contributed by atoms with Crippen molar-refractivity contribution in [2.45, 2.75) is 32.3 Å². The largest absolute Gasteiger partial charge is 0.464 e. The summed E-state index contributed by atoms with van der Waals surface area (Å²) in [4.78, 5) is 25.7. The van der Waals surface area contributed by atoms with Crippen LogP contribution in [0.15, 0.2) is 24.3 Å². The van der Waals surface area contributed by atoms with E-state index in [1.165, 1.54) is 0 Å². The van der Waals surface area contributed by atoms with Crippen molar-refractivity contribution >= 4 is 11.9 Å². The third kappa shape index (κ3) is 3.42. The van der Waals surface area contributed by atoms with Crippen molar-refractivity contribution in [2.75, 3.05) is 19.7 Å². The molecular formula is C16H21NO4. The van der Waals surface area contributed by atoms with Crippen LogP contribution in [0.4, 0.5) is 0 Å². The summed E-state index contributed by atoms with van der Waals surface area (Å²) in [5.74, 6) is -0.659. The third-order valence-electron chi connectivity index (χ3n) is 3.83. The van der Waals surface area contributed by atoms with E-state index in [4.69, 9.17) is 4.74 Å². The molecule has 0 bridgehead atoms. The second-order valence-corrected chi connectivity index (χ2v) is 5.41. The van der Waals surface area contributed by atoms with E-state index in [1.807, 2.05) is 19.1 Å². The third-order valence-corrected chi connectivity index (χ3v) is 3.83. The van der Waals surface area contributed by atoms with E-state index >= 15 is 0 Å². The average Bonchev–Trinajstić information content (AvgIpc) is 2.48. The highest BCUT2D eigenvalue weighted by molar-refractivity contribution is 5.94. The van der Waals surface area contributed by atoms with Crippen molar-refractivity contribution in [1.29, 1.82) is 0 Å². The number of esters is 1. The fraction of sp³-hybridized carbons (Fsp3) is 0.500. The number of piperidine rings is 1. The molecule has 0 aromatic heterocycles. The molecule has 1 aromatic rings. The summed E-state index contributed by atoms with van der Waals surface area (Å²) >= 11 is 0. The molecule has 5 nitrogen and oxygen atoms in total. The Kier molecular flexibility index (Phi) is 4.63. The number of carbonyl (C=O) groups is 2. The molecule has 1 saturated heterocycles. The molecule has 0 atom stereocenters. The number of benzene rings is 1. The molecule has 1 fully saturated rings. The Hall–Kier alpha value is -1.88. The Morgan fingerprint density at radius 1 is 1.24 bits per heavy atom. The second-order valence-electron chi connectivity index (χ2n) is 5.41. The van der Waals surface area contributed by atoms with Gasteiger partial charge in [0.2, 0.25) is 0 Å². The Labute approximate surface area is 124 Å². The lowest BCUT2D eigenvalue weighted by Gasteiger charge is -2.36. The van der Waals surface area contributed by atoms with Crippen molar-refractivity contribution in [3.05, 3.63) is 35.4 Å². The Morgan fingerprint density at radius 3 is 2.33 bits per heavy atom. The first-order chi connectivity index (χ1) is 9.96. The Balaban J connectivity index is 1.99. The van der Waals surface area contributed by atoms with Crippen LogP contribution in [0.1, 0.15) is 35.7 Å². The number of likely N-dealkylation sites (tertiary alicyclic amines) is 1. The van der Waals surface area contributed by atoms with Crippen molar-refractivity contribution in [3.63, 3.8) is 0 Å². The highest BCUT2D eigenvalue weighted by atomic mass is 16.5. The van der Waals surface area contributed by atoms with Crippen LogP contribution in [-0.2, 0) is 9.53 Å². The number of aliphatic hydroxyl groups is 1. The van der Waals surface area contributed by atoms with Crippen LogP contribution in [0.2, 0.25) is 0 Å². The lowest BCUT2D eigenvalue weighted by Crippen LogP contribution is -2.51. The standard InChI is InChI=1S/C16H21NO4/c1-3-21-15(19)16(20)8-10-17(11-9-16)14(18)13-6-4-12(2)5-7-13/h4-7,20H,3,8-11H2,1-2H3. The lowest BCUT2D eigenvalue weighted by atomic mass is 9.91. The van der Waals surface area contributed by atoms with E-state index in [2.05, 4.69) is 0 Å². The highest BCUT2D eigenvalue weighted by Crippen LogP contribution is 2.24. The molecular weight excluding hydrogens is 270 g/mol. The van der Waals surface area contributed by atoms with Crippen molar-refractivity contribution in [1.82, 2.24) is 4.90 Å². The minimum atomic E-state index is -1.46. The van der Waals surface area contributed by atoms with Crippen molar-refractivity contribution in [3.8, 4) is 0 Å². The summed E-state index contributed by atoms with van der Waals surface area (Å²) in [5.41, 5.74) is 0.268. The lowest BCUT2D eigenvalue weighted by molar-refractivity contribution is -0.169. The second kappa shape index (κ2) is 6.26. The highest BCUT2D eigenvalue weighted by Gasteiger charge is 2.41. The minimum absolute atomic E-state index is 0.0686. The Bertz CT molecular complexity index is 516. The van der Waals surface area contributed by atoms with Gasteiger partial charge < -0.3 is 14.7 Å². The molecule has 1 amide bonds. The number of nitrogens with zero attached hydrogens (tertiary/aromatic N) is 1. The number of hydrogen-bond donors (Lipinski definition) is 1. The molecule has 0 unspecified atom stereocenters. The molecule has 1 N–H and O–H groups in total. The number of carbonyl (C=O) groups excluding carboxylic acids is 2. The van der Waals surface area contributed by atoms with Gasteiger partial charge in [0.1, 0.15) is 0 Å². The minimum Gasteiger partial charge on any atom is -0.464 e. The summed E-state index contributed by atoms with van der Waals surface area (Å²) in [5, 5.41) is 10.3. The fourth-order valence-corrected chi connectivity index (χ4v) is 2.43. The number of ether oxygens (including phenoxy) is 1. The van der Waals surface area contributed by atoms with Crippen LogP contribution in [-0.4, -0.2) is 47.2 Å². The predicted octanol–water partition coefficient (Wildman–Crippen LogP) is 1.53. The predicted molar refractivity (Wildman–Crippen MR) is 77.9 cm³/mol. The van der Waals surface area contributed by atoms with Gasteiger partial charge in [0.15, 0.2) is 5.60 Å². The van der Waals surface area contributed by atoms with Gasteiger partial charge in [-0.05, 0) is 26.0 Å². The number of hydrogen-bond acceptors (Lipinski definition) is 4. The molecule has 0 spiro atoms. The molecule has 1 aliphatic rings. The summed E-state index contributed by atoms with van der Waals surface area (Å²) in [7, 11) is 0. The van der Waals surface area contributed by atoms with Gasteiger partial charge in [0.25, 0.3) is 5.91 Å². The normalized spacial score (nSPS) is 17.4. The molecule has 1 aromatic carbocycles. The number of rotatable bonds is 3. The van der Waals surface area contributed by atoms with E-state index < -0.39 is 11.6 Å². The van der Waals surface area contributed by atoms with Gasteiger partial charge in [-0.3, -0.25) is 4.79 Å². The maximum Gasteiger partial charge on any atom is 0.338 e. The first-order valence-electron chi connectivity index (χ1n) is 7.22. The molecule has 0 aliphatic carbocycles. The molecule has 1 heterocycles. The summed E-state index contributed by atoms with van der Waals surface area (Å²) in [6, 6.07) is 7.38. The van der Waals surface area contributed by atoms with Crippen molar-refractivity contribution < 1.29 is 19.4 Å². The molecule has 1 aliphatic heterocycles. The van der Waals surface area contributed by atoms with Gasteiger partial charge in [-0.25, -0.2) is 4.79 Å². The van der Waals surface area contributed by atoms with E-state index in [-0.39, 0.29) is 25.4 Å². The maximum atomic E-state index is 12.3. The SMILES string of the molecule is CCOC(=O)C1(O)CCN(C(=O)c2ccc(C)cc2)CC1. The van der Waals surface area contributed by atoms with Gasteiger partial charge in [-0.1, -0.05) is 17.7 Å². The van der Waals surface area contributed by atoms with E-state index in [0.29, 0.717) is 18.7 Å². The van der Waals surface area contributed by atoms with Gasteiger partial charge in [-0.15, -0.1) is 0 Å². The first kappa shape index (κ1) is 15.5. The molecule has 5 heteroatoms. The van der Waals surface area contributed by atoms with Crippen LogP contribution >= 0.6 is 0 Å². The number of amides is 1. The summed E-state index contributed by atoms with van der Waals surface area (Å²) < 4.78 is 4.89. The van der Waals surface area contributed by atoms with E-state index in [0.717, 1.165) is 5.56 Å². The van der Waals surface area contributed by atoms with Crippen LogP contribution in [0.5, 0.6) is 0 Å². The van der Waals surface area contributed by atoms with E-state index in [9.17, 15) is 14.7 Å². The van der Waals surface area contributed by atoms with Gasteiger partial charge in [0, 0.05) is 31.5 Å². The van der Waals surface area contributed by atoms with Gasteiger partial charge >= 0.3 is 5.97 Å². The molecule has 0 radical (unpaired) electrons. The smallest absolute Gasteiger partial charge is 0.338 e.